The maximum atomic E-state index is 10.7. The molecule has 0 bridgehead atoms. The zero-order valence-corrected chi connectivity index (χ0v) is 6.13. The van der Waals surface area contributed by atoms with Crippen LogP contribution in [0.2, 0.25) is 0 Å². The molecule has 0 saturated carbocycles. The van der Waals surface area contributed by atoms with Gasteiger partial charge in [0.25, 0.3) is 5.56 Å². The normalized spacial score (nSPS) is 9.55. The number of hydrogen-bond acceptors (Lipinski definition) is 4. The van der Waals surface area contributed by atoms with Gasteiger partial charge in [-0.3, -0.25) is 9.78 Å². The lowest BCUT2D eigenvalue weighted by molar-refractivity contribution is 0.326. The second-order valence-corrected chi connectivity index (χ2v) is 1.90. The molecule has 5 nitrogen and oxygen atoms in total. The van der Waals surface area contributed by atoms with Crippen LogP contribution in [-0.2, 0) is 0 Å². The zero-order chi connectivity index (χ0) is 8.27. The van der Waals surface area contributed by atoms with E-state index in [0.717, 1.165) is 0 Å². The van der Waals surface area contributed by atoms with E-state index in [2.05, 4.69) is 9.97 Å². The SMILES string of the molecule is CCOc1cc(=O)[nH]c(N)n1. The summed E-state index contributed by atoms with van der Waals surface area (Å²) in [6.45, 7) is 2.27. The summed E-state index contributed by atoms with van der Waals surface area (Å²) >= 11 is 0. The van der Waals surface area contributed by atoms with E-state index in [4.69, 9.17) is 10.5 Å². The fourth-order valence-electron chi connectivity index (χ4n) is 0.675. The summed E-state index contributed by atoms with van der Waals surface area (Å²) in [5.41, 5.74) is 4.94. The van der Waals surface area contributed by atoms with Crippen LogP contribution in [0.25, 0.3) is 0 Å². The lowest BCUT2D eigenvalue weighted by atomic mass is 10.6. The summed E-state index contributed by atoms with van der Waals surface area (Å²) < 4.78 is 4.96. The lowest BCUT2D eigenvalue weighted by Gasteiger charge is -1.99. The summed E-state index contributed by atoms with van der Waals surface area (Å²) in [6, 6.07) is 1.25. The predicted molar refractivity (Wildman–Crippen MR) is 40.4 cm³/mol. The van der Waals surface area contributed by atoms with E-state index in [9.17, 15) is 4.79 Å². The van der Waals surface area contributed by atoms with Crippen LogP contribution >= 0.6 is 0 Å². The number of aromatic amines is 1. The summed E-state index contributed by atoms with van der Waals surface area (Å²) in [4.78, 5) is 16.8. The summed E-state index contributed by atoms with van der Waals surface area (Å²) in [7, 11) is 0. The molecule has 3 N–H and O–H groups in total. The fourth-order valence-corrected chi connectivity index (χ4v) is 0.675. The molecule has 0 aliphatic heterocycles. The second-order valence-electron chi connectivity index (χ2n) is 1.90. The van der Waals surface area contributed by atoms with Crippen molar-refractivity contribution >= 4 is 5.95 Å². The largest absolute Gasteiger partial charge is 0.478 e. The van der Waals surface area contributed by atoms with Crippen molar-refractivity contribution in [1.29, 1.82) is 0 Å². The van der Waals surface area contributed by atoms with Crippen molar-refractivity contribution in [3.63, 3.8) is 0 Å². The maximum absolute atomic E-state index is 10.7. The van der Waals surface area contributed by atoms with Gasteiger partial charge in [0.05, 0.1) is 12.7 Å². The van der Waals surface area contributed by atoms with Crippen LogP contribution in [0.15, 0.2) is 10.9 Å². The van der Waals surface area contributed by atoms with Crippen molar-refractivity contribution < 1.29 is 4.74 Å². The number of nitrogens with one attached hydrogen (secondary N) is 1. The molecule has 1 rings (SSSR count). The molecule has 1 aromatic heterocycles. The quantitative estimate of drug-likeness (QED) is 0.617. The molecule has 0 atom stereocenters. The van der Waals surface area contributed by atoms with Crippen molar-refractivity contribution in [3.8, 4) is 5.88 Å². The molecule has 60 valence electrons. The molecule has 0 radical (unpaired) electrons. The average Bonchev–Trinajstić information content (AvgIpc) is 1.85. The van der Waals surface area contributed by atoms with Gasteiger partial charge < -0.3 is 10.5 Å². The van der Waals surface area contributed by atoms with Crippen molar-refractivity contribution in [1.82, 2.24) is 9.97 Å². The molecule has 0 unspecified atom stereocenters. The highest BCUT2D eigenvalue weighted by molar-refractivity contribution is 5.20. The average molecular weight is 155 g/mol. The third kappa shape index (κ3) is 1.96. The molecule has 1 aromatic rings. The van der Waals surface area contributed by atoms with Gasteiger partial charge in [-0.2, -0.15) is 4.98 Å². The summed E-state index contributed by atoms with van der Waals surface area (Å²) in [5.74, 6) is 0.328. The molecule has 0 saturated heterocycles. The van der Waals surface area contributed by atoms with E-state index in [1.165, 1.54) is 6.07 Å². The van der Waals surface area contributed by atoms with E-state index >= 15 is 0 Å². The van der Waals surface area contributed by atoms with Crippen LogP contribution < -0.4 is 16.0 Å². The molecule has 11 heavy (non-hydrogen) atoms. The number of aromatic nitrogens is 2. The van der Waals surface area contributed by atoms with Crippen LogP contribution in [0.5, 0.6) is 5.88 Å². The number of nitrogens with two attached hydrogens (primary N) is 1. The molecule has 1 heterocycles. The Hall–Kier alpha value is -1.52. The van der Waals surface area contributed by atoms with Crippen LogP contribution in [0.3, 0.4) is 0 Å². The monoisotopic (exact) mass is 155 g/mol. The Morgan fingerprint density at radius 1 is 1.82 bits per heavy atom. The van der Waals surface area contributed by atoms with Gasteiger partial charge in [-0.05, 0) is 6.92 Å². The minimum atomic E-state index is -0.305. The Bertz CT molecular complexity index is 294. The van der Waals surface area contributed by atoms with E-state index in [0.29, 0.717) is 6.61 Å². The minimum absolute atomic E-state index is 0.0703. The minimum Gasteiger partial charge on any atom is -0.478 e. The molecule has 0 amide bonds. The molecule has 5 heteroatoms. The zero-order valence-electron chi connectivity index (χ0n) is 6.13. The number of anilines is 1. The van der Waals surface area contributed by atoms with Crippen LogP contribution in [-0.4, -0.2) is 16.6 Å². The second kappa shape index (κ2) is 3.05. The summed E-state index contributed by atoms with van der Waals surface area (Å²) in [6.07, 6.45) is 0. The maximum Gasteiger partial charge on any atom is 0.256 e. The van der Waals surface area contributed by atoms with Gasteiger partial charge in [0.2, 0.25) is 11.8 Å². The third-order valence-corrected chi connectivity index (χ3v) is 1.03. The van der Waals surface area contributed by atoms with Crippen molar-refractivity contribution in [2.24, 2.45) is 0 Å². The molecular weight excluding hydrogens is 146 g/mol. The number of ether oxygens (including phenoxy) is 1. The first-order valence-corrected chi connectivity index (χ1v) is 3.22. The van der Waals surface area contributed by atoms with E-state index in [1.807, 2.05) is 0 Å². The number of nitrogens with zero attached hydrogens (tertiary/aromatic N) is 1. The highest BCUT2D eigenvalue weighted by Gasteiger charge is 1.96. The lowest BCUT2D eigenvalue weighted by Crippen LogP contribution is -2.11. The van der Waals surface area contributed by atoms with Crippen LogP contribution in [0, 0.1) is 0 Å². The first kappa shape index (κ1) is 7.59. The van der Waals surface area contributed by atoms with Crippen molar-refractivity contribution in [2.75, 3.05) is 12.3 Å². The molecule has 0 spiro atoms. The first-order valence-electron chi connectivity index (χ1n) is 3.22. The van der Waals surface area contributed by atoms with Gasteiger partial charge >= 0.3 is 0 Å². The number of nitrogen functional groups attached to an aromatic ring is 1. The molecule has 0 fully saturated rings. The van der Waals surface area contributed by atoms with Gasteiger partial charge in [0, 0.05) is 0 Å². The van der Waals surface area contributed by atoms with Gasteiger partial charge in [0.1, 0.15) is 0 Å². The summed E-state index contributed by atoms with van der Waals surface area (Å²) in [5, 5.41) is 0. The fraction of sp³-hybridized carbons (Fsp3) is 0.333. The number of rotatable bonds is 2. The number of H-pyrrole nitrogens is 1. The highest BCUT2D eigenvalue weighted by atomic mass is 16.5. The Kier molecular flexibility index (Phi) is 2.10. The Labute approximate surface area is 63.2 Å². The third-order valence-electron chi connectivity index (χ3n) is 1.03. The van der Waals surface area contributed by atoms with E-state index in [1.54, 1.807) is 6.92 Å². The smallest absolute Gasteiger partial charge is 0.256 e. The van der Waals surface area contributed by atoms with Gasteiger partial charge in [0.15, 0.2) is 0 Å². The van der Waals surface area contributed by atoms with E-state index < -0.39 is 0 Å². The van der Waals surface area contributed by atoms with Crippen molar-refractivity contribution in [3.05, 3.63) is 16.4 Å². The molecular formula is C6H9N3O2. The van der Waals surface area contributed by atoms with Gasteiger partial charge in [-0.25, -0.2) is 0 Å². The Morgan fingerprint density at radius 2 is 2.55 bits per heavy atom. The topological polar surface area (TPSA) is 81.0 Å². The molecule has 0 aromatic carbocycles. The van der Waals surface area contributed by atoms with Gasteiger partial charge in [-0.15, -0.1) is 0 Å². The van der Waals surface area contributed by atoms with E-state index in [-0.39, 0.29) is 17.4 Å². The number of hydrogen-bond donors (Lipinski definition) is 2. The highest BCUT2D eigenvalue weighted by Crippen LogP contribution is 2.01. The molecule has 0 aliphatic rings. The van der Waals surface area contributed by atoms with Crippen molar-refractivity contribution in [2.45, 2.75) is 6.92 Å². The predicted octanol–water partition coefficient (Wildman–Crippen LogP) is -0.249. The van der Waals surface area contributed by atoms with Crippen LogP contribution in [0.4, 0.5) is 5.95 Å². The Balaban J connectivity index is 2.99. The van der Waals surface area contributed by atoms with Gasteiger partial charge in [-0.1, -0.05) is 0 Å². The Morgan fingerprint density at radius 3 is 3.09 bits per heavy atom. The first-order chi connectivity index (χ1) is 5.22. The standard InChI is InChI=1S/C6H9N3O2/c1-2-11-5-3-4(10)8-6(7)9-5/h3H,2H2,1H3,(H3,7,8,9,10). The van der Waals surface area contributed by atoms with Crippen LogP contribution in [0.1, 0.15) is 6.92 Å². The molecule has 0 aliphatic carbocycles.